The van der Waals surface area contributed by atoms with E-state index in [9.17, 15) is 14.0 Å². The highest BCUT2D eigenvalue weighted by Gasteiger charge is 2.07. The SMILES string of the molecule is CC(=O)c1ccn(-c2ccc(C=O)cc2F)c1. The van der Waals surface area contributed by atoms with E-state index in [-0.39, 0.29) is 11.3 Å². The normalized spacial score (nSPS) is 10.2. The van der Waals surface area contributed by atoms with Crippen molar-refractivity contribution in [3.63, 3.8) is 0 Å². The van der Waals surface area contributed by atoms with Crippen LogP contribution in [-0.2, 0) is 0 Å². The van der Waals surface area contributed by atoms with Gasteiger partial charge in [0, 0.05) is 23.5 Å². The Kier molecular flexibility index (Phi) is 2.87. The molecule has 0 spiro atoms. The molecular formula is C13H10FNO2. The van der Waals surface area contributed by atoms with Crippen molar-refractivity contribution in [3.05, 3.63) is 53.6 Å². The predicted molar refractivity (Wildman–Crippen MR) is 61.1 cm³/mol. The molecule has 4 heteroatoms. The highest BCUT2D eigenvalue weighted by Crippen LogP contribution is 2.16. The van der Waals surface area contributed by atoms with Gasteiger partial charge in [-0.3, -0.25) is 9.59 Å². The quantitative estimate of drug-likeness (QED) is 0.601. The minimum absolute atomic E-state index is 0.0753. The molecule has 0 bridgehead atoms. The van der Waals surface area contributed by atoms with Crippen LogP contribution >= 0.6 is 0 Å². The van der Waals surface area contributed by atoms with E-state index in [1.165, 1.54) is 23.6 Å². The molecule has 2 rings (SSSR count). The lowest BCUT2D eigenvalue weighted by molar-refractivity contribution is 0.101. The monoisotopic (exact) mass is 231 g/mol. The van der Waals surface area contributed by atoms with Gasteiger partial charge in [0.15, 0.2) is 5.78 Å². The Morgan fingerprint density at radius 2 is 2.12 bits per heavy atom. The van der Waals surface area contributed by atoms with Crippen LogP contribution < -0.4 is 0 Å². The fourth-order valence-electron chi connectivity index (χ4n) is 1.56. The molecule has 86 valence electrons. The zero-order valence-corrected chi connectivity index (χ0v) is 9.18. The summed E-state index contributed by atoms with van der Waals surface area (Å²) in [7, 11) is 0. The molecule has 2 aromatic rings. The van der Waals surface area contributed by atoms with Gasteiger partial charge < -0.3 is 4.57 Å². The van der Waals surface area contributed by atoms with Crippen molar-refractivity contribution < 1.29 is 14.0 Å². The van der Waals surface area contributed by atoms with Crippen molar-refractivity contribution in [1.82, 2.24) is 4.57 Å². The number of hydrogen-bond acceptors (Lipinski definition) is 2. The molecule has 1 aromatic carbocycles. The number of aromatic nitrogens is 1. The second-order valence-corrected chi connectivity index (χ2v) is 3.69. The van der Waals surface area contributed by atoms with E-state index in [2.05, 4.69) is 0 Å². The molecule has 0 aliphatic carbocycles. The lowest BCUT2D eigenvalue weighted by atomic mass is 10.2. The Bertz CT molecular complexity index is 587. The lowest BCUT2D eigenvalue weighted by Crippen LogP contribution is -1.96. The minimum Gasteiger partial charge on any atom is -0.321 e. The van der Waals surface area contributed by atoms with Crippen molar-refractivity contribution in [1.29, 1.82) is 0 Å². The van der Waals surface area contributed by atoms with E-state index in [0.717, 1.165) is 6.07 Å². The zero-order chi connectivity index (χ0) is 12.4. The Hall–Kier alpha value is -2.23. The summed E-state index contributed by atoms with van der Waals surface area (Å²) in [6, 6.07) is 5.81. The summed E-state index contributed by atoms with van der Waals surface area (Å²) >= 11 is 0. The number of hydrogen-bond donors (Lipinski definition) is 0. The van der Waals surface area contributed by atoms with Crippen LogP contribution in [0.5, 0.6) is 0 Å². The number of halogens is 1. The van der Waals surface area contributed by atoms with Gasteiger partial charge in [-0.05, 0) is 31.2 Å². The second kappa shape index (κ2) is 4.33. The standard InChI is InChI=1S/C13H10FNO2/c1-9(17)11-4-5-15(7-11)13-3-2-10(8-16)6-12(13)14/h2-8H,1H3. The average Bonchev–Trinajstić information content (AvgIpc) is 2.78. The molecule has 0 saturated carbocycles. The number of carbonyl (C=O) groups excluding carboxylic acids is 2. The maximum Gasteiger partial charge on any atom is 0.161 e. The van der Waals surface area contributed by atoms with Crippen LogP contribution in [0, 0.1) is 5.82 Å². The second-order valence-electron chi connectivity index (χ2n) is 3.69. The number of benzene rings is 1. The number of Topliss-reactive ketones (excluding diaryl/α,β-unsaturated/α-hetero) is 1. The summed E-state index contributed by atoms with van der Waals surface area (Å²) in [5.41, 5.74) is 1.11. The summed E-state index contributed by atoms with van der Waals surface area (Å²) in [6.07, 6.45) is 3.75. The van der Waals surface area contributed by atoms with Crippen LogP contribution in [0.1, 0.15) is 27.6 Å². The van der Waals surface area contributed by atoms with E-state index < -0.39 is 5.82 Å². The molecule has 1 aromatic heterocycles. The molecule has 3 nitrogen and oxygen atoms in total. The molecule has 0 radical (unpaired) electrons. The maximum atomic E-state index is 13.7. The fourth-order valence-corrected chi connectivity index (χ4v) is 1.56. The first-order valence-corrected chi connectivity index (χ1v) is 5.06. The Morgan fingerprint density at radius 3 is 2.65 bits per heavy atom. The number of ketones is 1. The maximum absolute atomic E-state index is 13.7. The highest BCUT2D eigenvalue weighted by atomic mass is 19.1. The van der Waals surface area contributed by atoms with Crippen LogP contribution in [0.25, 0.3) is 5.69 Å². The van der Waals surface area contributed by atoms with Gasteiger partial charge in [-0.2, -0.15) is 0 Å². The minimum atomic E-state index is -0.500. The number of rotatable bonds is 3. The molecule has 0 atom stereocenters. The Balaban J connectivity index is 2.45. The third kappa shape index (κ3) is 2.15. The highest BCUT2D eigenvalue weighted by molar-refractivity contribution is 5.94. The third-order valence-electron chi connectivity index (χ3n) is 2.49. The number of aldehydes is 1. The van der Waals surface area contributed by atoms with Crippen LogP contribution in [0.15, 0.2) is 36.7 Å². The molecule has 0 N–H and O–H groups in total. The summed E-state index contributed by atoms with van der Waals surface area (Å²) in [4.78, 5) is 21.6. The summed E-state index contributed by atoms with van der Waals surface area (Å²) in [5, 5.41) is 0. The van der Waals surface area contributed by atoms with Crippen molar-refractivity contribution in [3.8, 4) is 5.69 Å². The first-order valence-electron chi connectivity index (χ1n) is 5.06. The average molecular weight is 231 g/mol. The lowest BCUT2D eigenvalue weighted by Gasteiger charge is -2.04. The molecular weight excluding hydrogens is 221 g/mol. The predicted octanol–water partition coefficient (Wildman–Crippen LogP) is 2.63. The first kappa shape index (κ1) is 11.3. The molecule has 0 aliphatic rings. The molecule has 0 fully saturated rings. The Morgan fingerprint density at radius 1 is 1.35 bits per heavy atom. The number of nitrogens with zero attached hydrogens (tertiary/aromatic N) is 1. The molecule has 17 heavy (non-hydrogen) atoms. The van der Waals surface area contributed by atoms with Gasteiger partial charge in [-0.25, -0.2) is 4.39 Å². The van der Waals surface area contributed by atoms with Crippen LogP contribution in [0.4, 0.5) is 4.39 Å². The van der Waals surface area contributed by atoms with Gasteiger partial charge in [0.05, 0.1) is 5.69 Å². The van der Waals surface area contributed by atoms with Gasteiger partial charge in [0.2, 0.25) is 0 Å². The van der Waals surface area contributed by atoms with Crippen LogP contribution in [0.2, 0.25) is 0 Å². The number of carbonyl (C=O) groups is 2. The molecule has 0 saturated heterocycles. The van der Waals surface area contributed by atoms with Crippen molar-refractivity contribution in [2.75, 3.05) is 0 Å². The first-order chi connectivity index (χ1) is 8.11. The largest absolute Gasteiger partial charge is 0.321 e. The Labute approximate surface area is 97.5 Å². The summed E-state index contributed by atoms with van der Waals surface area (Å²) in [6.45, 7) is 1.45. The summed E-state index contributed by atoms with van der Waals surface area (Å²) < 4.78 is 15.2. The van der Waals surface area contributed by atoms with Crippen molar-refractivity contribution in [2.45, 2.75) is 6.92 Å². The molecule has 0 amide bonds. The fraction of sp³-hybridized carbons (Fsp3) is 0.0769. The van der Waals surface area contributed by atoms with Crippen molar-refractivity contribution >= 4 is 12.1 Å². The van der Waals surface area contributed by atoms with E-state index >= 15 is 0 Å². The third-order valence-corrected chi connectivity index (χ3v) is 2.49. The van der Waals surface area contributed by atoms with Crippen LogP contribution in [0.3, 0.4) is 0 Å². The van der Waals surface area contributed by atoms with Gasteiger partial charge in [-0.1, -0.05) is 0 Å². The summed E-state index contributed by atoms with van der Waals surface area (Å²) in [5.74, 6) is -0.575. The smallest absolute Gasteiger partial charge is 0.161 e. The van der Waals surface area contributed by atoms with Gasteiger partial charge in [-0.15, -0.1) is 0 Å². The van der Waals surface area contributed by atoms with Gasteiger partial charge in [0.1, 0.15) is 12.1 Å². The molecule has 0 unspecified atom stereocenters. The van der Waals surface area contributed by atoms with E-state index in [1.54, 1.807) is 18.5 Å². The van der Waals surface area contributed by atoms with Crippen LogP contribution in [-0.4, -0.2) is 16.6 Å². The zero-order valence-electron chi connectivity index (χ0n) is 9.18. The topological polar surface area (TPSA) is 39.1 Å². The molecule has 0 aliphatic heterocycles. The van der Waals surface area contributed by atoms with E-state index in [4.69, 9.17) is 0 Å². The van der Waals surface area contributed by atoms with Gasteiger partial charge in [0.25, 0.3) is 0 Å². The van der Waals surface area contributed by atoms with E-state index in [1.807, 2.05) is 0 Å². The molecule has 1 heterocycles. The van der Waals surface area contributed by atoms with E-state index in [0.29, 0.717) is 17.5 Å². The van der Waals surface area contributed by atoms with Gasteiger partial charge >= 0.3 is 0 Å². The van der Waals surface area contributed by atoms with Crippen molar-refractivity contribution in [2.24, 2.45) is 0 Å².